The molecule has 0 spiro atoms. The van der Waals surface area contributed by atoms with Crippen molar-refractivity contribution in [1.29, 1.82) is 0 Å². The lowest BCUT2D eigenvalue weighted by Gasteiger charge is -2.17. The van der Waals surface area contributed by atoms with Crippen LogP contribution < -0.4 is 10.1 Å². The van der Waals surface area contributed by atoms with E-state index in [0.717, 1.165) is 11.1 Å². The van der Waals surface area contributed by atoms with Gasteiger partial charge < -0.3 is 14.6 Å². The highest BCUT2D eigenvalue weighted by Crippen LogP contribution is 2.22. The molecule has 0 aliphatic heterocycles. The largest absolute Gasteiger partial charge is 0.485 e. The molecule has 1 N–H and O–H groups in total. The first-order chi connectivity index (χ1) is 12.5. The summed E-state index contributed by atoms with van der Waals surface area (Å²) in [5.74, 6) is 1.19. The van der Waals surface area contributed by atoms with Gasteiger partial charge in [-0.05, 0) is 37.1 Å². The van der Waals surface area contributed by atoms with E-state index in [9.17, 15) is 4.79 Å². The third-order valence-electron chi connectivity index (χ3n) is 4.06. The minimum atomic E-state index is -0.194. The summed E-state index contributed by atoms with van der Waals surface area (Å²) in [6.45, 7) is 5.84. The number of carbonyl (C=O) groups is 1. The average Bonchev–Trinajstić information content (AvgIpc) is 3.05. The second-order valence-electron chi connectivity index (χ2n) is 6.07. The number of hydrogen-bond acceptors (Lipinski definition) is 5. The predicted molar refractivity (Wildman–Crippen MR) is 96.9 cm³/mol. The van der Waals surface area contributed by atoms with Gasteiger partial charge >= 0.3 is 0 Å². The Morgan fingerprint density at radius 1 is 1.15 bits per heavy atom. The molecule has 0 saturated carbocycles. The summed E-state index contributed by atoms with van der Waals surface area (Å²) >= 11 is 0. The van der Waals surface area contributed by atoms with E-state index >= 15 is 0 Å². The number of aromatic nitrogens is 2. The molecular formula is C20H21N3O3. The maximum absolute atomic E-state index is 12.7. The van der Waals surface area contributed by atoms with Gasteiger partial charge in [0.15, 0.2) is 6.61 Å². The summed E-state index contributed by atoms with van der Waals surface area (Å²) < 4.78 is 10.6. The normalized spacial score (nSPS) is 11.8. The fourth-order valence-corrected chi connectivity index (χ4v) is 2.75. The molecule has 0 aliphatic rings. The molecule has 134 valence electrons. The van der Waals surface area contributed by atoms with Crippen LogP contribution in [0.15, 0.2) is 53.1 Å². The number of aryl methyl sites for hydroxylation is 2. The molecule has 1 amide bonds. The fourth-order valence-electron chi connectivity index (χ4n) is 2.75. The second kappa shape index (κ2) is 7.82. The van der Waals surface area contributed by atoms with Crippen molar-refractivity contribution < 1.29 is 14.1 Å². The van der Waals surface area contributed by atoms with Crippen LogP contribution in [0.4, 0.5) is 0 Å². The van der Waals surface area contributed by atoms with Crippen molar-refractivity contribution in [2.24, 2.45) is 0 Å². The minimum absolute atomic E-state index is 0.114. The first-order valence-electron chi connectivity index (χ1n) is 8.42. The van der Waals surface area contributed by atoms with Gasteiger partial charge in [0.05, 0.1) is 11.6 Å². The Balaban J connectivity index is 1.72. The molecule has 26 heavy (non-hydrogen) atoms. The van der Waals surface area contributed by atoms with Crippen LogP contribution >= 0.6 is 0 Å². The van der Waals surface area contributed by atoms with Crippen LogP contribution in [0.25, 0.3) is 0 Å². The predicted octanol–water partition coefficient (Wildman–Crippen LogP) is 3.76. The maximum atomic E-state index is 12.7. The zero-order valence-corrected chi connectivity index (χ0v) is 15.0. The number of nitrogens with zero attached hydrogens (tertiary/aromatic N) is 2. The van der Waals surface area contributed by atoms with Crippen LogP contribution in [-0.2, 0) is 6.61 Å². The van der Waals surface area contributed by atoms with Crippen molar-refractivity contribution in [3.63, 3.8) is 0 Å². The van der Waals surface area contributed by atoms with Crippen LogP contribution in [0.1, 0.15) is 46.2 Å². The highest BCUT2D eigenvalue weighted by atomic mass is 16.5. The zero-order chi connectivity index (χ0) is 18.5. The molecule has 3 aromatic rings. The molecule has 1 unspecified atom stereocenters. The van der Waals surface area contributed by atoms with E-state index in [0.29, 0.717) is 23.0 Å². The van der Waals surface area contributed by atoms with Gasteiger partial charge in [-0.3, -0.25) is 4.79 Å². The fraction of sp³-hybridized carbons (Fsp3) is 0.250. The van der Waals surface area contributed by atoms with Crippen LogP contribution in [0, 0.1) is 13.8 Å². The second-order valence-corrected chi connectivity index (χ2v) is 6.07. The van der Waals surface area contributed by atoms with Crippen molar-refractivity contribution >= 4 is 5.91 Å². The van der Waals surface area contributed by atoms with Crippen molar-refractivity contribution in [3.8, 4) is 5.75 Å². The lowest BCUT2D eigenvalue weighted by atomic mass is 10.0. The third kappa shape index (κ3) is 4.08. The Bertz CT molecular complexity index is 905. The van der Waals surface area contributed by atoms with Crippen molar-refractivity contribution in [2.45, 2.75) is 33.4 Å². The molecule has 6 heteroatoms. The number of rotatable bonds is 6. The third-order valence-corrected chi connectivity index (χ3v) is 4.06. The van der Waals surface area contributed by atoms with E-state index in [4.69, 9.17) is 9.26 Å². The highest BCUT2D eigenvalue weighted by Gasteiger charge is 2.17. The Kier molecular flexibility index (Phi) is 5.31. The molecule has 1 aromatic heterocycles. The Hall–Kier alpha value is -3.15. The van der Waals surface area contributed by atoms with Crippen molar-refractivity contribution in [1.82, 2.24) is 15.5 Å². The van der Waals surface area contributed by atoms with E-state index < -0.39 is 0 Å². The summed E-state index contributed by atoms with van der Waals surface area (Å²) in [4.78, 5) is 16.8. The number of benzene rings is 2. The molecule has 1 atom stereocenters. The molecule has 2 aromatic carbocycles. The van der Waals surface area contributed by atoms with Crippen LogP contribution in [0.2, 0.25) is 0 Å². The van der Waals surface area contributed by atoms with Gasteiger partial charge in [0.25, 0.3) is 5.91 Å². The van der Waals surface area contributed by atoms with Gasteiger partial charge in [0, 0.05) is 6.92 Å². The number of amides is 1. The molecule has 0 fully saturated rings. The van der Waals surface area contributed by atoms with Gasteiger partial charge in [-0.25, -0.2) is 0 Å². The first kappa shape index (κ1) is 17.7. The van der Waals surface area contributed by atoms with Crippen LogP contribution in [-0.4, -0.2) is 16.0 Å². The monoisotopic (exact) mass is 351 g/mol. The molecule has 0 saturated heterocycles. The highest BCUT2D eigenvalue weighted by molar-refractivity contribution is 5.97. The lowest BCUT2D eigenvalue weighted by Crippen LogP contribution is -2.27. The average molecular weight is 351 g/mol. The number of nitrogens with one attached hydrogen (secondary N) is 1. The molecule has 0 aliphatic carbocycles. The SMILES string of the molecule is Cc1nc(COc2ccccc2C(=O)NC(C)c2ccccc2C)no1. The summed E-state index contributed by atoms with van der Waals surface area (Å²) in [5.41, 5.74) is 2.69. The smallest absolute Gasteiger partial charge is 0.255 e. The Morgan fingerprint density at radius 2 is 1.88 bits per heavy atom. The van der Waals surface area contributed by atoms with Gasteiger partial charge in [0.1, 0.15) is 5.75 Å². The molecule has 0 radical (unpaired) electrons. The number of hydrogen-bond donors (Lipinski definition) is 1. The van der Waals surface area contributed by atoms with Crippen LogP contribution in [0.3, 0.4) is 0 Å². The van der Waals surface area contributed by atoms with Gasteiger partial charge in [0.2, 0.25) is 11.7 Å². The standard InChI is InChI=1S/C20H21N3O3/c1-13-8-4-5-9-16(13)14(2)21-20(24)17-10-6-7-11-18(17)25-12-19-22-15(3)26-23-19/h4-11,14H,12H2,1-3H3,(H,21,24). The molecule has 0 bridgehead atoms. The minimum Gasteiger partial charge on any atom is -0.485 e. The Morgan fingerprint density at radius 3 is 2.62 bits per heavy atom. The quantitative estimate of drug-likeness (QED) is 0.732. The van der Waals surface area contributed by atoms with E-state index in [1.54, 1.807) is 25.1 Å². The molecule has 6 nitrogen and oxygen atoms in total. The van der Waals surface area contributed by atoms with E-state index in [2.05, 4.69) is 15.5 Å². The van der Waals surface area contributed by atoms with Crippen molar-refractivity contribution in [3.05, 3.63) is 76.9 Å². The summed E-state index contributed by atoms with van der Waals surface area (Å²) in [5, 5.41) is 6.82. The zero-order valence-electron chi connectivity index (χ0n) is 15.0. The summed E-state index contributed by atoms with van der Waals surface area (Å²) in [7, 11) is 0. The number of carbonyl (C=O) groups excluding carboxylic acids is 1. The van der Waals surface area contributed by atoms with E-state index in [1.807, 2.05) is 44.2 Å². The van der Waals surface area contributed by atoms with Gasteiger partial charge in [-0.1, -0.05) is 41.6 Å². The van der Waals surface area contributed by atoms with Gasteiger partial charge in [-0.2, -0.15) is 4.98 Å². The summed E-state index contributed by atoms with van der Waals surface area (Å²) in [6.07, 6.45) is 0. The molecular weight excluding hydrogens is 330 g/mol. The molecule has 1 heterocycles. The van der Waals surface area contributed by atoms with E-state index in [-0.39, 0.29) is 18.6 Å². The summed E-state index contributed by atoms with van der Waals surface area (Å²) in [6, 6.07) is 15.0. The molecule has 3 rings (SSSR count). The van der Waals surface area contributed by atoms with Gasteiger partial charge in [-0.15, -0.1) is 0 Å². The van der Waals surface area contributed by atoms with E-state index in [1.165, 1.54) is 0 Å². The lowest BCUT2D eigenvalue weighted by molar-refractivity contribution is 0.0935. The first-order valence-corrected chi connectivity index (χ1v) is 8.42. The Labute approximate surface area is 152 Å². The van der Waals surface area contributed by atoms with Crippen LogP contribution in [0.5, 0.6) is 5.75 Å². The number of para-hydroxylation sites is 1. The number of ether oxygens (including phenoxy) is 1. The topological polar surface area (TPSA) is 77.2 Å². The maximum Gasteiger partial charge on any atom is 0.255 e. The van der Waals surface area contributed by atoms with Crippen molar-refractivity contribution in [2.75, 3.05) is 0 Å².